The average Bonchev–Trinajstić information content (AvgIpc) is 2.73. The summed E-state index contributed by atoms with van der Waals surface area (Å²) in [5.41, 5.74) is 3.17. The predicted molar refractivity (Wildman–Crippen MR) is 120 cm³/mol. The van der Waals surface area contributed by atoms with E-state index in [1.807, 2.05) is 55.5 Å². The second-order valence-electron chi connectivity index (χ2n) is 8.99. The van der Waals surface area contributed by atoms with E-state index in [0.29, 0.717) is 19.4 Å². The van der Waals surface area contributed by atoms with Crippen molar-refractivity contribution in [1.29, 1.82) is 0 Å². The number of ketones is 1. The minimum atomic E-state index is -0.226. The van der Waals surface area contributed by atoms with Crippen molar-refractivity contribution in [2.75, 3.05) is 18.6 Å². The molecule has 0 radical (unpaired) electrons. The lowest BCUT2D eigenvalue weighted by Crippen LogP contribution is -2.43. The zero-order valence-corrected chi connectivity index (χ0v) is 18.6. The first-order valence-electron chi connectivity index (χ1n) is 10.8. The van der Waals surface area contributed by atoms with Crippen molar-refractivity contribution in [3.63, 3.8) is 0 Å². The quantitative estimate of drug-likeness (QED) is 0.664. The third-order valence-electron chi connectivity index (χ3n) is 6.07. The summed E-state index contributed by atoms with van der Waals surface area (Å²) in [6.07, 6.45) is 1.44. The SMILES string of the molecule is CCOc1ccc(N2C(=O)CC(c3ccc(OC)cc3)C3=C2CC(C)(C)CC3=O)cc1. The maximum absolute atomic E-state index is 13.4. The molecule has 1 atom stereocenters. The predicted octanol–water partition coefficient (Wildman–Crippen LogP) is 5.26. The normalized spacial score (nSPS) is 20.5. The van der Waals surface area contributed by atoms with Crippen LogP contribution in [0.1, 0.15) is 51.5 Å². The zero-order chi connectivity index (χ0) is 22.2. The van der Waals surface area contributed by atoms with Gasteiger partial charge < -0.3 is 9.47 Å². The van der Waals surface area contributed by atoms with Crippen molar-refractivity contribution >= 4 is 17.4 Å². The number of allylic oxidation sites excluding steroid dienone is 2. The molecule has 2 aliphatic rings. The van der Waals surface area contributed by atoms with Crippen LogP contribution >= 0.6 is 0 Å². The molecule has 0 spiro atoms. The van der Waals surface area contributed by atoms with Gasteiger partial charge in [-0.05, 0) is 60.7 Å². The molecule has 0 aromatic heterocycles. The van der Waals surface area contributed by atoms with Crippen LogP contribution in [-0.2, 0) is 9.59 Å². The fourth-order valence-corrected chi connectivity index (χ4v) is 4.69. The first-order chi connectivity index (χ1) is 14.8. The largest absolute Gasteiger partial charge is 0.497 e. The van der Waals surface area contributed by atoms with Gasteiger partial charge in [-0.3, -0.25) is 14.5 Å². The number of Topliss-reactive ketones (excluding diaryl/α,β-unsaturated/α-hetero) is 1. The molecular weight excluding hydrogens is 390 g/mol. The Morgan fingerprint density at radius 1 is 0.968 bits per heavy atom. The molecule has 5 nitrogen and oxygen atoms in total. The van der Waals surface area contributed by atoms with Crippen molar-refractivity contribution in [2.24, 2.45) is 5.41 Å². The molecule has 2 aromatic carbocycles. The van der Waals surface area contributed by atoms with Gasteiger partial charge in [-0.15, -0.1) is 0 Å². The Morgan fingerprint density at radius 2 is 1.61 bits per heavy atom. The van der Waals surface area contributed by atoms with Gasteiger partial charge in [0.05, 0.1) is 13.7 Å². The number of carbonyl (C=O) groups excluding carboxylic acids is 2. The van der Waals surface area contributed by atoms with Gasteiger partial charge in [0, 0.05) is 35.7 Å². The lowest BCUT2D eigenvalue weighted by atomic mass is 9.69. The van der Waals surface area contributed by atoms with Crippen LogP contribution < -0.4 is 14.4 Å². The van der Waals surface area contributed by atoms with E-state index < -0.39 is 0 Å². The average molecular weight is 420 g/mol. The summed E-state index contributed by atoms with van der Waals surface area (Å²) in [5, 5.41) is 0. The highest BCUT2D eigenvalue weighted by Gasteiger charge is 2.44. The van der Waals surface area contributed by atoms with Gasteiger partial charge in [0.2, 0.25) is 5.91 Å². The maximum atomic E-state index is 13.4. The van der Waals surface area contributed by atoms with Crippen molar-refractivity contribution in [2.45, 2.75) is 46.0 Å². The summed E-state index contributed by atoms with van der Waals surface area (Å²) in [7, 11) is 1.63. The Balaban J connectivity index is 1.81. The fraction of sp³-hybridized carbons (Fsp3) is 0.385. The molecule has 0 N–H and O–H groups in total. The molecule has 0 saturated carbocycles. The summed E-state index contributed by atoms with van der Waals surface area (Å²) in [4.78, 5) is 28.5. The zero-order valence-electron chi connectivity index (χ0n) is 18.6. The second-order valence-corrected chi connectivity index (χ2v) is 8.99. The summed E-state index contributed by atoms with van der Waals surface area (Å²) < 4.78 is 10.8. The van der Waals surface area contributed by atoms with Crippen LogP contribution in [0.3, 0.4) is 0 Å². The number of carbonyl (C=O) groups is 2. The van der Waals surface area contributed by atoms with Crippen LogP contribution in [0, 0.1) is 5.41 Å². The van der Waals surface area contributed by atoms with Crippen molar-refractivity contribution in [3.05, 3.63) is 65.4 Å². The highest BCUT2D eigenvalue weighted by Crippen LogP contribution is 2.48. The lowest BCUT2D eigenvalue weighted by Gasteiger charge is -2.43. The summed E-state index contributed by atoms with van der Waals surface area (Å²) in [6.45, 7) is 6.71. The fourth-order valence-electron chi connectivity index (χ4n) is 4.69. The monoisotopic (exact) mass is 419 g/mol. The van der Waals surface area contributed by atoms with Crippen molar-refractivity contribution in [3.8, 4) is 11.5 Å². The van der Waals surface area contributed by atoms with Crippen LogP contribution in [0.25, 0.3) is 0 Å². The molecule has 1 amide bonds. The van der Waals surface area contributed by atoms with E-state index in [1.54, 1.807) is 12.0 Å². The summed E-state index contributed by atoms with van der Waals surface area (Å²) in [6, 6.07) is 15.2. The van der Waals surface area contributed by atoms with E-state index in [-0.39, 0.29) is 29.4 Å². The van der Waals surface area contributed by atoms with Gasteiger partial charge in [0.25, 0.3) is 0 Å². The molecule has 1 aliphatic heterocycles. The molecule has 2 aromatic rings. The lowest BCUT2D eigenvalue weighted by molar-refractivity contribution is -0.121. The number of benzene rings is 2. The number of anilines is 1. The van der Waals surface area contributed by atoms with Crippen LogP contribution in [-0.4, -0.2) is 25.4 Å². The smallest absolute Gasteiger partial charge is 0.232 e. The summed E-state index contributed by atoms with van der Waals surface area (Å²) >= 11 is 0. The molecule has 0 saturated heterocycles. The van der Waals surface area contributed by atoms with Gasteiger partial charge in [-0.1, -0.05) is 26.0 Å². The van der Waals surface area contributed by atoms with Crippen LogP contribution in [0.5, 0.6) is 11.5 Å². The van der Waals surface area contributed by atoms with Gasteiger partial charge in [0.1, 0.15) is 11.5 Å². The third kappa shape index (κ3) is 4.09. The van der Waals surface area contributed by atoms with E-state index >= 15 is 0 Å². The van der Waals surface area contributed by atoms with Crippen molar-refractivity contribution < 1.29 is 19.1 Å². The van der Waals surface area contributed by atoms with Crippen molar-refractivity contribution in [1.82, 2.24) is 0 Å². The molecule has 1 aliphatic carbocycles. The first-order valence-corrected chi connectivity index (χ1v) is 10.8. The number of nitrogens with zero attached hydrogens (tertiary/aromatic N) is 1. The molecule has 1 heterocycles. The number of rotatable bonds is 5. The van der Waals surface area contributed by atoms with Gasteiger partial charge in [0.15, 0.2) is 5.78 Å². The topological polar surface area (TPSA) is 55.8 Å². The molecule has 0 fully saturated rings. The van der Waals surface area contributed by atoms with Gasteiger partial charge in [-0.2, -0.15) is 0 Å². The molecule has 31 heavy (non-hydrogen) atoms. The minimum Gasteiger partial charge on any atom is -0.497 e. The Labute approximate surface area is 183 Å². The van der Waals surface area contributed by atoms with Gasteiger partial charge in [-0.25, -0.2) is 0 Å². The van der Waals surface area contributed by atoms with E-state index in [9.17, 15) is 9.59 Å². The number of amides is 1. The highest BCUT2D eigenvalue weighted by atomic mass is 16.5. The minimum absolute atomic E-state index is 0.00854. The number of hydrogen-bond donors (Lipinski definition) is 0. The third-order valence-corrected chi connectivity index (χ3v) is 6.07. The number of ether oxygens (including phenoxy) is 2. The Kier molecular flexibility index (Phi) is 5.61. The Hall–Kier alpha value is -3.08. The molecule has 162 valence electrons. The van der Waals surface area contributed by atoms with Crippen LogP contribution in [0.4, 0.5) is 5.69 Å². The highest BCUT2D eigenvalue weighted by molar-refractivity contribution is 6.07. The van der Waals surface area contributed by atoms with Gasteiger partial charge >= 0.3 is 0 Å². The number of hydrogen-bond acceptors (Lipinski definition) is 4. The molecule has 5 heteroatoms. The molecule has 0 bridgehead atoms. The molecule has 4 rings (SSSR count). The Bertz CT molecular complexity index is 1020. The maximum Gasteiger partial charge on any atom is 0.232 e. The van der Waals surface area contributed by atoms with Crippen LogP contribution in [0.15, 0.2) is 59.8 Å². The van der Waals surface area contributed by atoms with E-state index in [0.717, 1.165) is 34.0 Å². The molecule has 1 unspecified atom stereocenters. The van der Waals surface area contributed by atoms with E-state index in [1.165, 1.54) is 0 Å². The molecular formula is C26H29NO4. The van der Waals surface area contributed by atoms with E-state index in [2.05, 4.69) is 13.8 Å². The second kappa shape index (κ2) is 8.22. The van der Waals surface area contributed by atoms with Crippen LogP contribution in [0.2, 0.25) is 0 Å². The van der Waals surface area contributed by atoms with E-state index in [4.69, 9.17) is 9.47 Å². The Morgan fingerprint density at radius 3 is 2.23 bits per heavy atom. The first kappa shape index (κ1) is 21.2. The number of methoxy groups -OCH3 is 1. The summed E-state index contributed by atoms with van der Waals surface area (Å²) in [5.74, 6) is 1.44. The standard InChI is InChI=1S/C26H29NO4/c1-5-31-20-12-8-18(9-13-20)27-22-15-26(2,3)16-23(28)25(22)21(14-24(27)29)17-6-10-19(30-4)11-7-17/h6-13,21H,5,14-16H2,1-4H3.